The van der Waals surface area contributed by atoms with E-state index in [4.69, 9.17) is 9.47 Å². The number of aliphatic hydroxyl groups is 3. The predicted octanol–water partition coefficient (Wildman–Crippen LogP) is 1.67. The smallest absolute Gasteiger partial charge is 0.168 e. The van der Waals surface area contributed by atoms with Crippen LogP contribution in [0.1, 0.15) is 56.8 Å². The maximum Gasteiger partial charge on any atom is 0.168 e. The molecule has 0 bridgehead atoms. The summed E-state index contributed by atoms with van der Waals surface area (Å²) in [5.74, 6) is -0.157. The van der Waals surface area contributed by atoms with Gasteiger partial charge in [0.15, 0.2) is 5.78 Å². The van der Waals surface area contributed by atoms with Gasteiger partial charge >= 0.3 is 0 Å². The van der Waals surface area contributed by atoms with Crippen molar-refractivity contribution >= 4 is 11.5 Å². The molecule has 2 fully saturated rings. The van der Waals surface area contributed by atoms with Gasteiger partial charge in [-0.05, 0) is 20.3 Å². The van der Waals surface area contributed by atoms with Gasteiger partial charge in [-0.1, -0.05) is 37.3 Å². The number of aliphatic hydroxyl groups excluding tert-OH is 3. The van der Waals surface area contributed by atoms with Crippen LogP contribution < -0.4 is 5.43 Å². The third kappa shape index (κ3) is 5.63. The molecule has 8 nitrogen and oxygen atoms in total. The molecule has 0 saturated carbocycles. The molecular formula is C25H36N2O6. The lowest BCUT2D eigenvalue weighted by Crippen LogP contribution is -2.54. The number of nitrogens with one attached hydrogen (secondary N) is 1. The minimum Gasteiger partial charge on any atom is -0.393 e. The largest absolute Gasteiger partial charge is 0.393 e. The first kappa shape index (κ1) is 24.3. The molecule has 182 valence electrons. The molecule has 3 aliphatic rings. The van der Waals surface area contributed by atoms with Gasteiger partial charge in [0.1, 0.15) is 6.10 Å². The normalized spacial score (nSPS) is 37.7. The quantitative estimate of drug-likeness (QED) is 0.326. The molecule has 3 heterocycles. The van der Waals surface area contributed by atoms with Crippen LogP contribution in [-0.2, 0) is 9.47 Å². The summed E-state index contributed by atoms with van der Waals surface area (Å²) in [6.45, 7) is 6.04. The van der Waals surface area contributed by atoms with E-state index in [2.05, 4.69) is 10.5 Å². The number of epoxide rings is 1. The zero-order chi connectivity index (χ0) is 23.8. The number of hydrazone groups is 1. The minimum atomic E-state index is -1.01. The maximum absolute atomic E-state index is 12.5. The SMILES string of the molecule is C[C@H]([C@@H]1O[C@H]1C[C@H]1CO[C@@H](C[C@@]2(C)CC(CC(=O)c3ccccc3)=NN2)[C@H](O)[C@@H]1O)[C@H](C)O. The fraction of sp³-hybridized carbons (Fsp3) is 0.680. The molecule has 1 aromatic rings. The monoisotopic (exact) mass is 460 g/mol. The summed E-state index contributed by atoms with van der Waals surface area (Å²) >= 11 is 0. The van der Waals surface area contributed by atoms with Crippen molar-refractivity contribution in [2.24, 2.45) is 16.9 Å². The highest BCUT2D eigenvalue weighted by atomic mass is 16.6. The fourth-order valence-corrected chi connectivity index (χ4v) is 5.03. The zero-order valence-electron chi connectivity index (χ0n) is 19.6. The van der Waals surface area contributed by atoms with Crippen molar-refractivity contribution in [3.63, 3.8) is 0 Å². The topological polar surface area (TPSA) is 124 Å². The summed E-state index contributed by atoms with van der Waals surface area (Å²) in [5, 5.41) is 35.6. The van der Waals surface area contributed by atoms with E-state index in [9.17, 15) is 20.1 Å². The molecule has 4 N–H and O–H groups in total. The van der Waals surface area contributed by atoms with Crippen molar-refractivity contribution in [2.45, 2.75) is 88.6 Å². The number of carbonyl (C=O) groups excluding carboxylic acids is 1. The summed E-state index contributed by atoms with van der Waals surface area (Å²) in [6, 6.07) is 9.16. The van der Waals surface area contributed by atoms with Crippen molar-refractivity contribution < 1.29 is 29.6 Å². The predicted molar refractivity (Wildman–Crippen MR) is 123 cm³/mol. The second-order valence-electron chi connectivity index (χ2n) is 10.3. The maximum atomic E-state index is 12.5. The molecule has 4 rings (SSSR count). The Labute approximate surface area is 195 Å². The highest BCUT2D eigenvalue weighted by molar-refractivity contribution is 6.10. The number of ketones is 1. The van der Waals surface area contributed by atoms with E-state index in [1.54, 1.807) is 19.1 Å². The molecule has 8 heteroatoms. The second kappa shape index (κ2) is 9.80. The first-order valence-electron chi connectivity index (χ1n) is 11.9. The van der Waals surface area contributed by atoms with E-state index in [-0.39, 0.29) is 36.2 Å². The van der Waals surface area contributed by atoms with Crippen LogP contribution in [0.4, 0.5) is 0 Å². The van der Waals surface area contributed by atoms with Gasteiger partial charge in [0.2, 0.25) is 0 Å². The second-order valence-corrected chi connectivity index (χ2v) is 10.3. The third-order valence-electron chi connectivity index (χ3n) is 7.36. The van der Waals surface area contributed by atoms with Crippen LogP contribution in [0.3, 0.4) is 0 Å². The Balaban J connectivity index is 1.26. The Morgan fingerprint density at radius 3 is 2.64 bits per heavy atom. The standard InChI is InChI=1S/C25H36N2O6/c1-14(15(2)28)24-20(33-24)9-17-13-32-21(23(31)22(17)30)12-25(3)11-18(26-27-25)10-19(29)16-7-5-4-6-8-16/h4-8,14-15,17,20-24,27-28,30-31H,9-13H2,1-3H3/t14-,15-,17-,20-,21-,22+,23-,24-,25+/m0/s1. The number of carbonyl (C=O) groups is 1. The van der Waals surface area contributed by atoms with E-state index in [1.807, 2.05) is 32.0 Å². The minimum absolute atomic E-state index is 0.0113. The Kier molecular flexibility index (Phi) is 7.21. The average Bonchev–Trinajstić information content (AvgIpc) is 3.47. The molecule has 0 aromatic heterocycles. The molecule has 2 saturated heterocycles. The van der Waals surface area contributed by atoms with Gasteiger partial charge in [0, 0.05) is 36.0 Å². The average molecular weight is 461 g/mol. The van der Waals surface area contributed by atoms with Crippen molar-refractivity contribution in [1.82, 2.24) is 5.43 Å². The van der Waals surface area contributed by atoms with Gasteiger partial charge in [0.25, 0.3) is 0 Å². The van der Waals surface area contributed by atoms with Crippen molar-refractivity contribution in [3.8, 4) is 0 Å². The molecule has 0 amide bonds. The Hall–Kier alpha value is -1.84. The number of hydrogen-bond donors (Lipinski definition) is 4. The highest BCUT2D eigenvalue weighted by Gasteiger charge is 2.49. The van der Waals surface area contributed by atoms with Crippen molar-refractivity contribution in [3.05, 3.63) is 35.9 Å². The van der Waals surface area contributed by atoms with Gasteiger partial charge in [-0.2, -0.15) is 5.10 Å². The van der Waals surface area contributed by atoms with Crippen molar-refractivity contribution in [1.29, 1.82) is 0 Å². The molecule has 0 aliphatic carbocycles. The first-order valence-corrected chi connectivity index (χ1v) is 11.9. The van der Waals surface area contributed by atoms with Crippen molar-refractivity contribution in [2.75, 3.05) is 6.61 Å². The third-order valence-corrected chi connectivity index (χ3v) is 7.36. The van der Waals surface area contributed by atoms with Crippen LogP contribution >= 0.6 is 0 Å². The molecule has 3 aliphatic heterocycles. The first-order chi connectivity index (χ1) is 15.7. The van der Waals surface area contributed by atoms with Crippen LogP contribution in [0.2, 0.25) is 0 Å². The van der Waals surface area contributed by atoms with Gasteiger partial charge < -0.3 is 30.2 Å². The summed E-state index contributed by atoms with van der Waals surface area (Å²) in [5.41, 5.74) is 4.11. The summed E-state index contributed by atoms with van der Waals surface area (Å²) in [6.07, 6.45) is -1.03. The highest BCUT2D eigenvalue weighted by Crippen LogP contribution is 2.39. The fourth-order valence-electron chi connectivity index (χ4n) is 5.03. The molecule has 0 unspecified atom stereocenters. The summed E-state index contributed by atoms with van der Waals surface area (Å²) < 4.78 is 11.7. The van der Waals surface area contributed by atoms with E-state index in [0.29, 0.717) is 31.4 Å². The molecular weight excluding hydrogens is 424 g/mol. The molecule has 1 aromatic carbocycles. The lowest BCUT2D eigenvalue weighted by molar-refractivity contribution is -0.172. The lowest BCUT2D eigenvalue weighted by atomic mass is 9.81. The molecule has 0 radical (unpaired) electrons. The number of ether oxygens (including phenoxy) is 2. The summed E-state index contributed by atoms with van der Waals surface area (Å²) in [4.78, 5) is 12.5. The zero-order valence-corrected chi connectivity index (χ0v) is 19.6. The Morgan fingerprint density at radius 1 is 1.21 bits per heavy atom. The van der Waals surface area contributed by atoms with Crippen LogP contribution in [0, 0.1) is 11.8 Å². The van der Waals surface area contributed by atoms with E-state index >= 15 is 0 Å². The van der Waals surface area contributed by atoms with Gasteiger partial charge in [-0.25, -0.2) is 0 Å². The van der Waals surface area contributed by atoms with Crippen LogP contribution in [0.25, 0.3) is 0 Å². The van der Waals surface area contributed by atoms with Crippen LogP contribution in [-0.4, -0.2) is 75.6 Å². The van der Waals surface area contributed by atoms with E-state index in [1.165, 1.54) is 0 Å². The van der Waals surface area contributed by atoms with Gasteiger partial charge in [-0.3, -0.25) is 4.79 Å². The van der Waals surface area contributed by atoms with E-state index in [0.717, 1.165) is 5.71 Å². The number of benzene rings is 1. The molecule has 9 atom stereocenters. The lowest BCUT2D eigenvalue weighted by Gasteiger charge is -2.40. The summed E-state index contributed by atoms with van der Waals surface area (Å²) in [7, 11) is 0. The van der Waals surface area contributed by atoms with Crippen LogP contribution in [0.15, 0.2) is 35.4 Å². The number of rotatable bonds is 9. The molecule has 0 spiro atoms. The number of nitrogens with zero attached hydrogens (tertiary/aromatic N) is 1. The Bertz CT molecular complexity index is 862. The van der Waals surface area contributed by atoms with Gasteiger partial charge in [0.05, 0.1) is 49.1 Å². The van der Waals surface area contributed by atoms with E-state index < -0.39 is 30.0 Å². The Morgan fingerprint density at radius 2 is 1.94 bits per heavy atom. The van der Waals surface area contributed by atoms with Gasteiger partial charge in [-0.15, -0.1) is 0 Å². The number of Topliss-reactive ketones (excluding diaryl/α,β-unsaturated/α-hetero) is 1. The van der Waals surface area contributed by atoms with Crippen LogP contribution in [0.5, 0.6) is 0 Å². The molecule has 33 heavy (non-hydrogen) atoms. The number of hydrogen-bond acceptors (Lipinski definition) is 8.